The fraction of sp³-hybridized carbons (Fsp3) is 0.188. The first-order valence-corrected chi connectivity index (χ1v) is 9.43. The summed E-state index contributed by atoms with van der Waals surface area (Å²) in [6.07, 6.45) is 0. The van der Waals surface area contributed by atoms with E-state index in [-0.39, 0.29) is 0 Å². The molecule has 1 fully saturated rings. The van der Waals surface area contributed by atoms with Crippen LogP contribution in [0, 0.1) is 0 Å². The number of benzene rings is 2. The summed E-state index contributed by atoms with van der Waals surface area (Å²) in [6.45, 7) is 0. The summed E-state index contributed by atoms with van der Waals surface area (Å²) in [5.41, 5.74) is 6.68. The molecule has 0 aromatic heterocycles. The molecule has 0 bridgehead atoms. The molecule has 2 aromatic rings. The quantitative estimate of drug-likeness (QED) is 0.283. The molecule has 3 heteroatoms. The van der Waals surface area contributed by atoms with Gasteiger partial charge >= 0.3 is 122 Å². The first-order valence-electron chi connectivity index (χ1n) is 6.38. The zero-order valence-electron chi connectivity index (χ0n) is 10.3. The summed E-state index contributed by atoms with van der Waals surface area (Å²) >= 11 is 0.489. The topological polar surface area (TPSA) is 32.6 Å². The van der Waals surface area contributed by atoms with Crippen LogP contribution >= 0.6 is 0 Å². The number of oxime groups is 1. The molecule has 2 aromatic carbocycles. The van der Waals surface area contributed by atoms with Crippen LogP contribution in [0.3, 0.4) is 0 Å². The van der Waals surface area contributed by atoms with Crippen molar-refractivity contribution in [1.29, 1.82) is 0 Å². The maximum atomic E-state index is 9.29. The summed E-state index contributed by atoms with van der Waals surface area (Å²) < 4.78 is 2.83. The molecule has 0 amide bonds. The van der Waals surface area contributed by atoms with E-state index in [1.165, 1.54) is 25.5 Å². The van der Waals surface area contributed by atoms with Gasteiger partial charge in [0.15, 0.2) is 0 Å². The fourth-order valence-corrected chi connectivity index (χ4v) is 5.08. The van der Waals surface area contributed by atoms with Crippen molar-refractivity contribution < 1.29 is 26.4 Å². The first kappa shape index (κ1) is 11.5. The molecule has 2 aliphatic rings. The van der Waals surface area contributed by atoms with Crippen LogP contribution in [0.4, 0.5) is 0 Å². The van der Waals surface area contributed by atoms with E-state index < -0.39 is 0 Å². The Morgan fingerprint density at radius 3 is 2.37 bits per heavy atom. The van der Waals surface area contributed by atoms with Gasteiger partial charge in [-0.05, 0) is 0 Å². The fourth-order valence-electron chi connectivity index (χ4n) is 2.82. The molecule has 2 nitrogen and oxygen atoms in total. The van der Waals surface area contributed by atoms with Crippen molar-refractivity contribution >= 4 is 5.71 Å². The molecule has 1 aliphatic heterocycles. The van der Waals surface area contributed by atoms with E-state index in [1.54, 1.807) is 0 Å². The Balaban J connectivity index is 1.92. The van der Waals surface area contributed by atoms with E-state index in [2.05, 4.69) is 29.4 Å². The Morgan fingerprint density at radius 1 is 0.947 bits per heavy atom. The van der Waals surface area contributed by atoms with Crippen LogP contribution in [0.15, 0.2) is 47.6 Å². The molecule has 1 heterocycles. The molecule has 1 saturated heterocycles. The molecule has 0 saturated carbocycles. The van der Waals surface area contributed by atoms with E-state index in [0.717, 1.165) is 17.0 Å². The van der Waals surface area contributed by atoms with Crippen molar-refractivity contribution in [3.8, 4) is 11.1 Å². The molecule has 1 aliphatic carbocycles. The minimum atomic E-state index is 0.489. The van der Waals surface area contributed by atoms with Gasteiger partial charge in [0.1, 0.15) is 0 Å². The SMILES string of the molecule is O/N=C1/c2ccccc2-c2cc(C3C[I-]C3)ccc21. The molecule has 19 heavy (non-hydrogen) atoms. The average Bonchev–Trinajstić information content (AvgIpc) is 2.70. The molecule has 1 N–H and O–H groups in total. The van der Waals surface area contributed by atoms with Gasteiger partial charge in [0.25, 0.3) is 0 Å². The number of nitrogens with zero attached hydrogens (tertiary/aromatic N) is 1. The van der Waals surface area contributed by atoms with Crippen LogP contribution in [-0.4, -0.2) is 19.8 Å². The van der Waals surface area contributed by atoms with Crippen LogP contribution in [0.2, 0.25) is 0 Å². The maximum absolute atomic E-state index is 9.29. The molecule has 96 valence electrons. The number of alkyl halides is 2. The summed E-state index contributed by atoms with van der Waals surface area (Å²) in [7, 11) is 0. The molecule has 0 atom stereocenters. The van der Waals surface area contributed by atoms with Gasteiger partial charge in [-0.2, -0.15) is 0 Å². The number of halogens is 1. The Labute approximate surface area is 122 Å². The third-order valence-corrected chi connectivity index (χ3v) is 7.31. The second kappa shape index (κ2) is 4.34. The van der Waals surface area contributed by atoms with Gasteiger partial charge in [0.05, 0.1) is 0 Å². The van der Waals surface area contributed by atoms with Gasteiger partial charge < -0.3 is 0 Å². The third kappa shape index (κ3) is 1.64. The van der Waals surface area contributed by atoms with Crippen LogP contribution in [0.1, 0.15) is 22.6 Å². The summed E-state index contributed by atoms with van der Waals surface area (Å²) in [4.78, 5) is 0. The molecule has 0 unspecified atom stereocenters. The zero-order valence-corrected chi connectivity index (χ0v) is 12.5. The first-order chi connectivity index (χ1) is 9.38. The molecular formula is C16H13INO-. The zero-order chi connectivity index (χ0) is 12.8. The normalized spacial score (nSPS) is 19.5. The van der Waals surface area contributed by atoms with Crippen molar-refractivity contribution in [2.24, 2.45) is 5.16 Å². The molecule has 4 rings (SSSR count). The van der Waals surface area contributed by atoms with E-state index >= 15 is 0 Å². The van der Waals surface area contributed by atoms with Crippen LogP contribution in [-0.2, 0) is 0 Å². The van der Waals surface area contributed by atoms with E-state index in [1.807, 2.05) is 18.2 Å². The average molecular weight is 362 g/mol. The predicted molar refractivity (Wildman–Crippen MR) is 71.8 cm³/mol. The number of hydrogen-bond donors (Lipinski definition) is 1. The Morgan fingerprint density at radius 2 is 1.68 bits per heavy atom. The van der Waals surface area contributed by atoms with Gasteiger partial charge in [0, 0.05) is 0 Å². The van der Waals surface area contributed by atoms with Crippen molar-refractivity contribution in [2.45, 2.75) is 5.92 Å². The van der Waals surface area contributed by atoms with Crippen molar-refractivity contribution in [2.75, 3.05) is 8.86 Å². The van der Waals surface area contributed by atoms with E-state index in [4.69, 9.17) is 0 Å². The number of hydrogen-bond acceptors (Lipinski definition) is 2. The number of rotatable bonds is 1. The predicted octanol–water partition coefficient (Wildman–Crippen LogP) is 0.0798. The molecule has 0 spiro atoms. The Kier molecular flexibility index (Phi) is 2.62. The second-order valence-corrected chi connectivity index (χ2v) is 7.83. The van der Waals surface area contributed by atoms with Gasteiger partial charge in [-0.15, -0.1) is 0 Å². The van der Waals surface area contributed by atoms with Gasteiger partial charge in [0.2, 0.25) is 0 Å². The molecule has 0 radical (unpaired) electrons. The van der Waals surface area contributed by atoms with Gasteiger partial charge in [-0.3, -0.25) is 0 Å². The van der Waals surface area contributed by atoms with Crippen molar-refractivity contribution in [3.63, 3.8) is 0 Å². The minimum absolute atomic E-state index is 0.489. The number of fused-ring (bicyclic) bond motifs is 3. The third-order valence-electron chi connectivity index (χ3n) is 3.93. The molecular weight excluding hydrogens is 349 g/mol. The van der Waals surface area contributed by atoms with E-state index in [9.17, 15) is 5.21 Å². The Bertz CT molecular complexity index is 689. The summed E-state index contributed by atoms with van der Waals surface area (Å²) in [6, 6.07) is 14.8. The van der Waals surface area contributed by atoms with Crippen molar-refractivity contribution in [3.05, 3.63) is 59.2 Å². The Hall–Kier alpha value is -1.36. The van der Waals surface area contributed by atoms with Gasteiger partial charge in [-0.25, -0.2) is 0 Å². The van der Waals surface area contributed by atoms with Gasteiger partial charge in [-0.1, -0.05) is 0 Å². The summed E-state index contributed by atoms with van der Waals surface area (Å²) in [5.74, 6) is 0.778. The van der Waals surface area contributed by atoms with Crippen LogP contribution in [0.5, 0.6) is 0 Å². The van der Waals surface area contributed by atoms with Crippen LogP contribution in [0.25, 0.3) is 11.1 Å². The van der Waals surface area contributed by atoms with Crippen LogP contribution < -0.4 is 21.2 Å². The van der Waals surface area contributed by atoms with Crippen molar-refractivity contribution in [1.82, 2.24) is 0 Å². The monoisotopic (exact) mass is 362 g/mol. The van der Waals surface area contributed by atoms with E-state index in [0.29, 0.717) is 26.9 Å². The standard InChI is InChI=1S/C16H13INO/c19-18-16-13-4-2-1-3-12(13)15-7-10(5-6-14(15)16)11-8-17-9-11/h1-7,11,19H,8-9H2/q-1/b18-16-. The summed E-state index contributed by atoms with van der Waals surface area (Å²) in [5, 5.41) is 12.8. The second-order valence-electron chi connectivity index (χ2n) is 4.99.